The highest BCUT2D eigenvalue weighted by Gasteiger charge is 2.33. The monoisotopic (exact) mass is 569 g/mol. The number of hydrogen-bond donors (Lipinski definition) is 1. The molecule has 0 spiro atoms. The summed E-state index contributed by atoms with van der Waals surface area (Å²) in [6, 6.07) is 19.6. The summed E-state index contributed by atoms with van der Waals surface area (Å²) in [5.74, 6) is -0.853. The summed E-state index contributed by atoms with van der Waals surface area (Å²) in [7, 11) is -4.11. The molecule has 7 nitrogen and oxygen atoms in total. The van der Waals surface area contributed by atoms with Gasteiger partial charge in [-0.2, -0.15) is 0 Å². The number of nitrogens with one attached hydrogen (secondary N) is 1. The Morgan fingerprint density at radius 3 is 2.08 bits per heavy atom. The number of carbonyl (C=O) groups excluding carboxylic acids is 2. The average molecular weight is 570 g/mol. The number of para-hydroxylation sites is 1. The van der Waals surface area contributed by atoms with Crippen molar-refractivity contribution < 1.29 is 18.0 Å². The molecule has 0 unspecified atom stereocenters. The number of carbonyl (C=O) groups is 2. The van der Waals surface area contributed by atoms with Gasteiger partial charge in [-0.3, -0.25) is 13.9 Å². The number of halogens is 1. The van der Waals surface area contributed by atoms with Crippen LogP contribution in [0.1, 0.15) is 44.4 Å². The molecule has 0 fully saturated rings. The number of benzene rings is 3. The molecule has 0 aromatic heterocycles. The molecule has 0 aliphatic heterocycles. The number of nitrogens with zero attached hydrogens (tertiary/aromatic N) is 2. The fourth-order valence-electron chi connectivity index (χ4n) is 4.04. The first-order valence-corrected chi connectivity index (χ1v) is 14.5. The summed E-state index contributed by atoms with van der Waals surface area (Å²) in [5, 5.41) is 3.47. The largest absolute Gasteiger partial charge is 0.350 e. The molecule has 0 aliphatic carbocycles. The number of amides is 2. The fraction of sp³-hybridized carbons (Fsp3) is 0.333. The highest BCUT2D eigenvalue weighted by Crippen LogP contribution is 2.27. The van der Waals surface area contributed by atoms with Crippen LogP contribution in [0.5, 0.6) is 0 Å². The zero-order chi connectivity index (χ0) is 29.0. The van der Waals surface area contributed by atoms with Gasteiger partial charge in [0.25, 0.3) is 10.0 Å². The second-order valence-corrected chi connectivity index (χ2v) is 13.0. The first kappa shape index (κ1) is 30.2. The molecule has 9 heteroatoms. The highest BCUT2D eigenvalue weighted by atomic mass is 35.5. The predicted octanol–water partition coefficient (Wildman–Crippen LogP) is 5.48. The van der Waals surface area contributed by atoms with E-state index in [1.807, 2.05) is 33.8 Å². The molecular formula is C30H36ClN3O4S. The number of hydrogen-bond acceptors (Lipinski definition) is 4. The average Bonchev–Trinajstić information content (AvgIpc) is 2.86. The zero-order valence-electron chi connectivity index (χ0n) is 23.2. The van der Waals surface area contributed by atoms with Crippen LogP contribution in [0, 0.1) is 13.8 Å². The van der Waals surface area contributed by atoms with Gasteiger partial charge in [-0.15, -0.1) is 0 Å². The summed E-state index contributed by atoms with van der Waals surface area (Å²) in [4.78, 5) is 28.6. The van der Waals surface area contributed by atoms with Gasteiger partial charge < -0.3 is 10.2 Å². The second kappa shape index (κ2) is 12.2. The SMILES string of the molecule is Cc1ccc(S(=O)(=O)N(CC(=O)N(Cc2ccc(Cl)cc2)[C@@H](C)C(=O)NC(C)(C)C)c2ccccc2C)cc1. The minimum absolute atomic E-state index is 0.0759. The lowest BCUT2D eigenvalue weighted by molar-refractivity contribution is -0.140. The molecule has 1 N–H and O–H groups in total. The van der Waals surface area contributed by atoms with E-state index in [2.05, 4.69) is 5.32 Å². The molecule has 0 saturated carbocycles. The van der Waals surface area contributed by atoms with Crippen LogP contribution >= 0.6 is 11.6 Å². The Bertz CT molecular complexity index is 1420. The Balaban J connectivity index is 2.04. The van der Waals surface area contributed by atoms with Gasteiger partial charge in [0.05, 0.1) is 10.6 Å². The lowest BCUT2D eigenvalue weighted by atomic mass is 10.1. The third-order valence-corrected chi connectivity index (χ3v) is 8.23. The molecule has 208 valence electrons. The number of rotatable bonds is 9. The van der Waals surface area contributed by atoms with Gasteiger partial charge in [-0.25, -0.2) is 8.42 Å². The third kappa shape index (κ3) is 7.83. The topological polar surface area (TPSA) is 86.8 Å². The zero-order valence-corrected chi connectivity index (χ0v) is 24.8. The van der Waals surface area contributed by atoms with E-state index in [9.17, 15) is 18.0 Å². The normalized spacial score (nSPS) is 12.5. The van der Waals surface area contributed by atoms with Gasteiger partial charge >= 0.3 is 0 Å². The molecule has 39 heavy (non-hydrogen) atoms. The van der Waals surface area contributed by atoms with Gasteiger partial charge in [-0.05, 0) is 83.0 Å². The smallest absolute Gasteiger partial charge is 0.264 e. The quantitative estimate of drug-likeness (QED) is 0.369. The molecule has 3 aromatic rings. The molecule has 3 rings (SSSR count). The van der Waals surface area contributed by atoms with Crippen molar-refractivity contribution in [2.75, 3.05) is 10.8 Å². The summed E-state index contributed by atoms with van der Waals surface area (Å²) in [5.41, 5.74) is 2.25. The van der Waals surface area contributed by atoms with Crippen LogP contribution in [0.15, 0.2) is 77.7 Å². The van der Waals surface area contributed by atoms with Crippen LogP contribution in [-0.4, -0.2) is 43.3 Å². The van der Waals surface area contributed by atoms with Gasteiger partial charge in [-0.1, -0.05) is 59.6 Å². The minimum atomic E-state index is -4.11. The Morgan fingerprint density at radius 1 is 0.923 bits per heavy atom. The molecular weight excluding hydrogens is 534 g/mol. The Labute approximate surface area is 236 Å². The van der Waals surface area contributed by atoms with Crippen molar-refractivity contribution in [3.05, 3.63) is 94.5 Å². The Kier molecular flexibility index (Phi) is 9.46. The van der Waals surface area contributed by atoms with Crippen LogP contribution in [0.2, 0.25) is 5.02 Å². The molecule has 0 bridgehead atoms. The van der Waals surface area contributed by atoms with Gasteiger partial charge in [0.2, 0.25) is 11.8 Å². The maximum Gasteiger partial charge on any atom is 0.264 e. The number of sulfonamides is 1. The first-order chi connectivity index (χ1) is 18.2. The van der Waals surface area contributed by atoms with Crippen molar-refractivity contribution in [2.45, 2.75) is 64.6 Å². The van der Waals surface area contributed by atoms with E-state index >= 15 is 0 Å². The lowest BCUT2D eigenvalue weighted by Crippen LogP contribution is -2.54. The minimum Gasteiger partial charge on any atom is -0.350 e. The van der Waals surface area contributed by atoms with E-state index < -0.39 is 34.1 Å². The number of anilines is 1. The van der Waals surface area contributed by atoms with E-state index in [0.717, 1.165) is 15.4 Å². The van der Waals surface area contributed by atoms with Gasteiger partial charge in [0.1, 0.15) is 12.6 Å². The van der Waals surface area contributed by atoms with Crippen LogP contribution in [0.3, 0.4) is 0 Å². The van der Waals surface area contributed by atoms with E-state index in [4.69, 9.17) is 11.6 Å². The molecule has 2 amide bonds. The maximum atomic E-state index is 14.0. The molecule has 0 radical (unpaired) electrons. The molecule has 0 aliphatic rings. The van der Waals surface area contributed by atoms with Crippen molar-refractivity contribution in [3.63, 3.8) is 0 Å². The van der Waals surface area contributed by atoms with E-state index in [-0.39, 0.29) is 17.3 Å². The van der Waals surface area contributed by atoms with Crippen molar-refractivity contribution in [1.82, 2.24) is 10.2 Å². The Hall–Kier alpha value is -3.36. The molecule has 0 heterocycles. The second-order valence-electron chi connectivity index (χ2n) is 10.7. The van der Waals surface area contributed by atoms with Crippen LogP contribution in [0.25, 0.3) is 0 Å². The van der Waals surface area contributed by atoms with E-state index in [0.29, 0.717) is 16.3 Å². The molecule has 1 atom stereocenters. The van der Waals surface area contributed by atoms with Crippen molar-refractivity contribution in [1.29, 1.82) is 0 Å². The van der Waals surface area contributed by atoms with Crippen LogP contribution in [0.4, 0.5) is 5.69 Å². The first-order valence-electron chi connectivity index (χ1n) is 12.7. The summed E-state index contributed by atoms with van der Waals surface area (Å²) < 4.78 is 28.9. The van der Waals surface area contributed by atoms with Crippen molar-refractivity contribution in [2.24, 2.45) is 0 Å². The fourth-order valence-corrected chi connectivity index (χ4v) is 5.64. The lowest BCUT2D eigenvalue weighted by Gasteiger charge is -2.33. The summed E-state index contributed by atoms with van der Waals surface area (Å²) >= 11 is 6.05. The Morgan fingerprint density at radius 2 is 1.51 bits per heavy atom. The van der Waals surface area contributed by atoms with Crippen molar-refractivity contribution >= 4 is 39.1 Å². The number of aryl methyl sites for hydroxylation is 2. The third-order valence-electron chi connectivity index (χ3n) is 6.20. The van der Waals surface area contributed by atoms with Crippen LogP contribution in [-0.2, 0) is 26.2 Å². The van der Waals surface area contributed by atoms with Crippen LogP contribution < -0.4 is 9.62 Å². The van der Waals surface area contributed by atoms with E-state index in [1.54, 1.807) is 68.4 Å². The van der Waals surface area contributed by atoms with Crippen molar-refractivity contribution in [3.8, 4) is 0 Å². The molecule has 0 saturated heterocycles. The standard InChI is InChI=1S/C30H36ClN3O4S/c1-21-11-17-26(18-12-21)39(37,38)34(27-10-8-7-9-22(27)2)20-28(35)33(19-24-13-15-25(31)16-14-24)23(3)29(36)32-30(4,5)6/h7-18,23H,19-20H2,1-6H3,(H,32,36)/t23-/m0/s1. The molecule has 3 aromatic carbocycles. The summed E-state index contributed by atoms with van der Waals surface area (Å²) in [6.07, 6.45) is 0. The van der Waals surface area contributed by atoms with Gasteiger partial charge in [0, 0.05) is 17.1 Å². The summed E-state index contributed by atoms with van der Waals surface area (Å²) in [6.45, 7) is 10.5. The van der Waals surface area contributed by atoms with E-state index in [1.165, 1.54) is 17.0 Å². The highest BCUT2D eigenvalue weighted by molar-refractivity contribution is 7.92. The van der Waals surface area contributed by atoms with Gasteiger partial charge in [0.15, 0.2) is 0 Å². The predicted molar refractivity (Wildman–Crippen MR) is 156 cm³/mol. The maximum absolute atomic E-state index is 14.0.